The summed E-state index contributed by atoms with van der Waals surface area (Å²) < 4.78 is 5.66. The molecule has 0 aliphatic carbocycles. The third-order valence-corrected chi connectivity index (χ3v) is 2.89. The first-order valence-electron chi connectivity index (χ1n) is 5.39. The van der Waals surface area contributed by atoms with E-state index in [9.17, 15) is 5.11 Å². The Morgan fingerprint density at radius 1 is 1.47 bits per heavy atom. The van der Waals surface area contributed by atoms with E-state index in [2.05, 4.69) is 18.0 Å². The van der Waals surface area contributed by atoms with Gasteiger partial charge in [-0.05, 0) is 31.9 Å². The van der Waals surface area contributed by atoms with Crippen LogP contribution in [0.15, 0.2) is 12.3 Å². The number of aryl methyl sites for hydroxylation is 2. The van der Waals surface area contributed by atoms with Crippen molar-refractivity contribution in [3.05, 3.63) is 29.1 Å². The summed E-state index contributed by atoms with van der Waals surface area (Å²) in [5, 5.41) is 9.59. The van der Waals surface area contributed by atoms with Crippen LogP contribution in [0.1, 0.15) is 35.8 Å². The minimum absolute atomic E-state index is 0.0156. The van der Waals surface area contributed by atoms with E-state index in [-0.39, 0.29) is 12.2 Å². The van der Waals surface area contributed by atoms with E-state index in [4.69, 9.17) is 4.74 Å². The van der Waals surface area contributed by atoms with Crippen molar-refractivity contribution in [1.82, 2.24) is 4.98 Å². The summed E-state index contributed by atoms with van der Waals surface area (Å²) in [7, 11) is 0. The fraction of sp³-hybridized carbons (Fsp3) is 0.583. The van der Waals surface area contributed by atoms with Crippen LogP contribution in [-0.4, -0.2) is 22.8 Å². The number of aliphatic hydroxyl groups is 1. The SMILES string of the molecule is Cc1cc(C)c(C2CC(O)CCO2)cn1. The smallest absolute Gasteiger partial charge is 0.0867 e. The Labute approximate surface area is 90.1 Å². The van der Waals surface area contributed by atoms with Gasteiger partial charge in [0.2, 0.25) is 0 Å². The first kappa shape index (κ1) is 10.6. The molecule has 0 radical (unpaired) electrons. The molecule has 0 saturated carbocycles. The Balaban J connectivity index is 2.21. The number of pyridine rings is 1. The van der Waals surface area contributed by atoms with E-state index >= 15 is 0 Å². The first-order valence-corrected chi connectivity index (χ1v) is 5.39. The molecule has 3 heteroatoms. The van der Waals surface area contributed by atoms with Crippen molar-refractivity contribution in [3.63, 3.8) is 0 Å². The van der Waals surface area contributed by atoms with Crippen LogP contribution in [0.2, 0.25) is 0 Å². The zero-order chi connectivity index (χ0) is 10.8. The fourth-order valence-corrected chi connectivity index (χ4v) is 2.04. The van der Waals surface area contributed by atoms with Crippen LogP contribution in [-0.2, 0) is 4.74 Å². The molecule has 2 rings (SSSR count). The largest absolute Gasteiger partial charge is 0.393 e. The molecule has 0 aromatic carbocycles. The molecule has 2 atom stereocenters. The molecule has 1 aliphatic rings. The van der Waals surface area contributed by atoms with Gasteiger partial charge in [0.05, 0.1) is 12.2 Å². The Morgan fingerprint density at radius 2 is 2.27 bits per heavy atom. The van der Waals surface area contributed by atoms with Crippen LogP contribution in [0.3, 0.4) is 0 Å². The molecule has 1 N–H and O–H groups in total. The molecular weight excluding hydrogens is 190 g/mol. The van der Waals surface area contributed by atoms with Crippen LogP contribution in [0.4, 0.5) is 0 Å². The summed E-state index contributed by atoms with van der Waals surface area (Å²) in [4.78, 5) is 4.28. The topological polar surface area (TPSA) is 42.4 Å². The molecule has 2 unspecified atom stereocenters. The van der Waals surface area contributed by atoms with E-state index in [1.165, 1.54) is 5.56 Å². The summed E-state index contributed by atoms with van der Waals surface area (Å²) in [6, 6.07) is 2.06. The molecule has 82 valence electrons. The average molecular weight is 207 g/mol. The van der Waals surface area contributed by atoms with Gasteiger partial charge in [-0.15, -0.1) is 0 Å². The van der Waals surface area contributed by atoms with Gasteiger partial charge in [-0.2, -0.15) is 0 Å². The molecule has 0 bridgehead atoms. The van der Waals surface area contributed by atoms with E-state index in [0.717, 1.165) is 17.7 Å². The lowest BCUT2D eigenvalue weighted by Crippen LogP contribution is -2.24. The molecule has 15 heavy (non-hydrogen) atoms. The molecule has 1 saturated heterocycles. The minimum atomic E-state index is -0.232. The number of aromatic nitrogens is 1. The monoisotopic (exact) mass is 207 g/mol. The van der Waals surface area contributed by atoms with E-state index in [1.807, 2.05) is 13.1 Å². The predicted molar refractivity (Wildman–Crippen MR) is 57.6 cm³/mol. The van der Waals surface area contributed by atoms with Crippen molar-refractivity contribution in [2.75, 3.05) is 6.61 Å². The molecular formula is C12H17NO2. The van der Waals surface area contributed by atoms with Gasteiger partial charge in [0.1, 0.15) is 0 Å². The average Bonchev–Trinajstić information content (AvgIpc) is 2.17. The summed E-state index contributed by atoms with van der Waals surface area (Å²) >= 11 is 0. The summed E-state index contributed by atoms with van der Waals surface area (Å²) in [6.45, 7) is 4.68. The maximum Gasteiger partial charge on any atom is 0.0867 e. The van der Waals surface area contributed by atoms with Gasteiger partial charge in [0, 0.05) is 30.5 Å². The van der Waals surface area contributed by atoms with Gasteiger partial charge in [-0.3, -0.25) is 4.98 Å². The predicted octanol–water partition coefficient (Wildman–Crippen LogP) is 1.91. The van der Waals surface area contributed by atoms with Gasteiger partial charge < -0.3 is 9.84 Å². The third-order valence-electron chi connectivity index (χ3n) is 2.89. The zero-order valence-corrected chi connectivity index (χ0v) is 9.23. The van der Waals surface area contributed by atoms with E-state index in [0.29, 0.717) is 13.0 Å². The lowest BCUT2D eigenvalue weighted by Gasteiger charge is -2.27. The number of nitrogens with zero attached hydrogens (tertiary/aromatic N) is 1. The van der Waals surface area contributed by atoms with Crippen molar-refractivity contribution in [3.8, 4) is 0 Å². The third kappa shape index (κ3) is 2.36. The van der Waals surface area contributed by atoms with Gasteiger partial charge >= 0.3 is 0 Å². The quantitative estimate of drug-likeness (QED) is 0.765. The summed E-state index contributed by atoms with van der Waals surface area (Å²) in [5.41, 5.74) is 3.33. The molecule has 1 aromatic heterocycles. The van der Waals surface area contributed by atoms with Crippen LogP contribution in [0.25, 0.3) is 0 Å². The second-order valence-electron chi connectivity index (χ2n) is 4.22. The van der Waals surface area contributed by atoms with Gasteiger partial charge in [0.15, 0.2) is 0 Å². The highest BCUT2D eigenvalue weighted by atomic mass is 16.5. The highest BCUT2D eigenvalue weighted by Gasteiger charge is 2.23. The van der Waals surface area contributed by atoms with E-state index in [1.54, 1.807) is 0 Å². The zero-order valence-electron chi connectivity index (χ0n) is 9.23. The maximum atomic E-state index is 9.59. The highest BCUT2D eigenvalue weighted by Crippen LogP contribution is 2.29. The first-order chi connectivity index (χ1) is 7.16. The molecule has 1 aliphatic heterocycles. The molecule has 0 amide bonds. The molecule has 2 heterocycles. The van der Waals surface area contributed by atoms with Crippen molar-refractivity contribution < 1.29 is 9.84 Å². The maximum absolute atomic E-state index is 9.59. The van der Waals surface area contributed by atoms with Crippen LogP contribution in [0.5, 0.6) is 0 Å². The summed E-state index contributed by atoms with van der Waals surface area (Å²) in [6.07, 6.45) is 3.08. The Hall–Kier alpha value is -0.930. The number of aliphatic hydroxyl groups excluding tert-OH is 1. The van der Waals surface area contributed by atoms with Crippen molar-refractivity contribution in [1.29, 1.82) is 0 Å². The highest BCUT2D eigenvalue weighted by molar-refractivity contribution is 5.27. The standard InChI is InChI=1S/C12H17NO2/c1-8-5-9(2)13-7-11(8)12-6-10(14)3-4-15-12/h5,7,10,12,14H,3-4,6H2,1-2H3. The Kier molecular flexibility index (Phi) is 3.03. The lowest BCUT2D eigenvalue weighted by molar-refractivity contribution is -0.0451. The van der Waals surface area contributed by atoms with Gasteiger partial charge in [-0.1, -0.05) is 0 Å². The minimum Gasteiger partial charge on any atom is -0.393 e. The van der Waals surface area contributed by atoms with Crippen LogP contribution < -0.4 is 0 Å². The molecule has 1 aromatic rings. The van der Waals surface area contributed by atoms with Gasteiger partial charge in [0.25, 0.3) is 0 Å². The second-order valence-corrected chi connectivity index (χ2v) is 4.22. The van der Waals surface area contributed by atoms with Crippen molar-refractivity contribution in [2.45, 2.75) is 38.9 Å². The lowest BCUT2D eigenvalue weighted by atomic mass is 9.97. The van der Waals surface area contributed by atoms with Crippen LogP contribution in [0, 0.1) is 13.8 Å². The number of hydrogen-bond donors (Lipinski definition) is 1. The number of hydrogen-bond acceptors (Lipinski definition) is 3. The van der Waals surface area contributed by atoms with Crippen LogP contribution >= 0.6 is 0 Å². The Bertz CT molecular complexity index is 351. The number of ether oxygens (including phenoxy) is 1. The Morgan fingerprint density at radius 3 is 2.93 bits per heavy atom. The normalized spacial score (nSPS) is 26.6. The fourth-order valence-electron chi connectivity index (χ4n) is 2.04. The van der Waals surface area contributed by atoms with Gasteiger partial charge in [-0.25, -0.2) is 0 Å². The van der Waals surface area contributed by atoms with Crippen molar-refractivity contribution in [2.24, 2.45) is 0 Å². The second kappa shape index (κ2) is 4.29. The van der Waals surface area contributed by atoms with E-state index < -0.39 is 0 Å². The molecule has 1 fully saturated rings. The van der Waals surface area contributed by atoms with Crippen molar-refractivity contribution >= 4 is 0 Å². The molecule has 0 spiro atoms. The number of rotatable bonds is 1. The molecule has 3 nitrogen and oxygen atoms in total. The summed E-state index contributed by atoms with van der Waals surface area (Å²) in [5.74, 6) is 0.